The molecule has 154 valence electrons. The van der Waals surface area contributed by atoms with Gasteiger partial charge in [-0.15, -0.1) is 0 Å². The Hall–Kier alpha value is -3.18. The van der Waals surface area contributed by atoms with Crippen LogP contribution in [0.3, 0.4) is 0 Å². The van der Waals surface area contributed by atoms with Crippen LogP contribution in [0.2, 0.25) is 5.02 Å². The molecule has 0 aromatic heterocycles. The van der Waals surface area contributed by atoms with Crippen molar-refractivity contribution in [3.05, 3.63) is 82.9 Å². The molecule has 2 unspecified atom stereocenters. The summed E-state index contributed by atoms with van der Waals surface area (Å²) in [7, 11) is 3.18. The van der Waals surface area contributed by atoms with Crippen molar-refractivity contribution in [3.8, 4) is 17.2 Å². The molecule has 1 saturated heterocycles. The molecule has 0 radical (unpaired) electrons. The number of β-lactam (4-membered cyclic amide) rings is 1. The van der Waals surface area contributed by atoms with Gasteiger partial charge in [0.05, 0.1) is 14.2 Å². The Balaban J connectivity index is 1.74. The number of carbonyl (C=O) groups excluding carboxylic acids is 1. The fraction of sp³-hybridized carbons (Fsp3) is 0.208. The number of nitrogens with zero attached hydrogens (tertiary/aromatic N) is 1. The standard InChI is InChI=1S/C24H22ClNO4/c1-15-9-11-17(14-19(15)25)26-22(16-10-12-20(28-2)21(13-16)29-3)23(24(26)27)30-18-7-5-4-6-8-18/h4-14,22-23H,1-3H3. The fourth-order valence-corrected chi connectivity index (χ4v) is 3.78. The molecule has 0 saturated carbocycles. The first-order valence-electron chi connectivity index (χ1n) is 9.56. The molecule has 1 aliphatic heterocycles. The van der Waals surface area contributed by atoms with Gasteiger partial charge < -0.3 is 14.2 Å². The number of carbonyl (C=O) groups is 1. The summed E-state index contributed by atoms with van der Waals surface area (Å²) in [6.45, 7) is 1.93. The van der Waals surface area contributed by atoms with E-state index in [4.69, 9.17) is 25.8 Å². The second-order valence-corrected chi connectivity index (χ2v) is 7.46. The van der Waals surface area contributed by atoms with Gasteiger partial charge in [-0.25, -0.2) is 0 Å². The summed E-state index contributed by atoms with van der Waals surface area (Å²) in [5, 5.41) is 0.610. The van der Waals surface area contributed by atoms with Crippen molar-refractivity contribution in [3.63, 3.8) is 0 Å². The summed E-state index contributed by atoms with van der Waals surface area (Å²) in [5.41, 5.74) is 2.56. The Kier molecular flexibility index (Phi) is 5.55. The normalized spacial score (nSPS) is 18.0. The van der Waals surface area contributed by atoms with Crippen molar-refractivity contribution in [1.29, 1.82) is 0 Å². The summed E-state index contributed by atoms with van der Waals surface area (Å²) in [5.74, 6) is 1.73. The molecule has 5 nitrogen and oxygen atoms in total. The van der Waals surface area contributed by atoms with E-state index in [9.17, 15) is 4.79 Å². The van der Waals surface area contributed by atoms with E-state index in [1.165, 1.54) is 0 Å². The largest absolute Gasteiger partial charge is 0.493 e. The number of anilines is 1. The lowest BCUT2D eigenvalue weighted by atomic mass is 9.89. The van der Waals surface area contributed by atoms with Gasteiger partial charge in [0.2, 0.25) is 6.10 Å². The van der Waals surface area contributed by atoms with Gasteiger partial charge in [0.1, 0.15) is 11.8 Å². The van der Waals surface area contributed by atoms with Gasteiger partial charge in [0, 0.05) is 10.7 Å². The topological polar surface area (TPSA) is 48.0 Å². The maximum Gasteiger partial charge on any atom is 0.271 e. The van der Waals surface area contributed by atoms with E-state index >= 15 is 0 Å². The van der Waals surface area contributed by atoms with E-state index in [1.54, 1.807) is 25.2 Å². The average Bonchev–Trinajstić information content (AvgIpc) is 2.78. The van der Waals surface area contributed by atoms with E-state index in [0.29, 0.717) is 22.3 Å². The molecule has 0 bridgehead atoms. The smallest absolute Gasteiger partial charge is 0.271 e. The molecule has 6 heteroatoms. The minimum Gasteiger partial charge on any atom is -0.493 e. The lowest BCUT2D eigenvalue weighted by molar-refractivity contribution is -0.135. The lowest BCUT2D eigenvalue weighted by Crippen LogP contribution is -2.61. The highest BCUT2D eigenvalue weighted by Crippen LogP contribution is 2.44. The summed E-state index contributed by atoms with van der Waals surface area (Å²) in [4.78, 5) is 14.8. The van der Waals surface area contributed by atoms with E-state index in [2.05, 4.69) is 0 Å². The molecule has 1 fully saturated rings. The summed E-state index contributed by atoms with van der Waals surface area (Å²) >= 11 is 6.33. The zero-order valence-electron chi connectivity index (χ0n) is 17.0. The fourth-order valence-electron chi connectivity index (χ4n) is 3.60. The number of benzene rings is 3. The van der Waals surface area contributed by atoms with Crippen molar-refractivity contribution < 1.29 is 19.0 Å². The van der Waals surface area contributed by atoms with E-state index in [-0.39, 0.29) is 11.9 Å². The minimum atomic E-state index is -0.662. The van der Waals surface area contributed by atoms with Crippen LogP contribution in [-0.4, -0.2) is 26.2 Å². The Bertz CT molecular complexity index is 1070. The summed E-state index contributed by atoms with van der Waals surface area (Å²) < 4.78 is 16.9. The highest BCUT2D eigenvalue weighted by Gasteiger charge is 2.51. The number of halogens is 1. The molecular weight excluding hydrogens is 402 g/mol. The van der Waals surface area contributed by atoms with Crippen LogP contribution in [0, 0.1) is 6.92 Å². The third-order valence-corrected chi connectivity index (χ3v) is 5.64. The first-order chi connectivity index (χ1) is 14.5. The zero-order chi connectivity index (χ0) is 21.3. The molecule has 2 atom stereocenters. The molecule has 0 N–H and O–H groups in total. The van der Waals surface area contributed by atoms with Crippen molar-refractivity contribution in [1.82, 2.24) is 0 Å². The number of hydrogen-bond acceptors (Lipinski definition) is 4. The van der Waals surface area contributed by atoms with Gasteiger partial charge in [-0.05, 0) is 54.4 Å². The molecule has 0 aliphatic carbocycles. The number of ether oxygens (including phenoxy) is 3. The average molecular weight is 424 g/mol. The number of rotatable bonds is 6. The molecule has 0 spiro atoms. The van der Waals surface area contributed by atoms with Crippen LogP contribution in [0.25, 0.3) is 0 Å². The third-order valence-electron chi connectivity index (χ3n) is 5.23. The maximum absolute atomic E-state index is 13.1. The number of methoxy groups -OCH3 is 2. The number of hydrogen-bond donors (Lipinski definition) is 0. The van der Waals surface area contributed by atoms with E-state index in [1.807, 2.05) is 67.6 Å². The molecule has 30 heavy (non-hydrogen) atoms. The highest BCUT2D eigenvalue weighted by molar-refractivity contribution is 6.31. The van der Waals surface area contributed by atoms with Crippen molar-refractivity contribution in [2.45, 2.75) is 19.1 Å². The second-order valence-electron chi connectivity index (χ2n) is 7.05. The molecule has 1 amide bonds. The predicted octanol–water partition coefficient (Wildman–Crippen LogP) is 5.20. The van der Waals surface area contributed by atoms with E-state index in [0.717, 1.165) is 16.8 Å². The molecular formula is C24H22ClNO4. The molecule has 3 aromatic rings. The minimum absolute atomic E-state index is 0.126. The Morgan fingerprint density at radius 2 is 1.63 bits per heavy atom. The third kappa shape index (κ3) is 3.57. The second kappa shape index (κ2) is 8.28. The Morgan fingerprint density at radius 3 is 2.30 bits per heavy atom. The van der Waals surface area contributed by atoms with Crippen LogP contribution in [-0.2, 0) is 4.79 Å². The van der Waals surface area contributed by atoms with Crippen LogP contribution in [0.4, 0.5) is 5.69 Å². The summed E-state index contributed by atoms with van der Waals surface area (Å²) in [6.07, 6.45) is -0.662. The quantitative estimate of drug-likeness (QED) is 0.511. The van der Waals surface area contributed by atoms with Gasteiger partial charge in [0.15, 0.2) is 11.5 Å². The maximum atomic E-state index is 13.1. The zero-order valence-corrected chi connectivity index (χ0v) is 17.7. The van der Waals surface area contributed by atoms with Gasteiger partial charge in [-0.3, -0.25) is 9.69 Å². The predicted molar refractivity (Wildman–Crippen MR) is 117 cm³/mol. The van der Waals surface area contributed by atoms with Gasteiger partial charge in [-0.2, -0.15) is 0 Å². The van der Waals surface area contributed by atoms with Crippen LogP contribution < -0.4 is 19.1 Å². The van der Waals surface area contributed by atoms with E-state index < -0.39 is 6.10 Å². The van der Waals surface area contributed by atoms with Gasteiger partial charge in [-0.1, -0.05) is 41.9 Å². The van der Waals surface area contributed by atoms with Crippen LogP contribution in [0.1, 0.15) is 17.2 Å². The van der Waals surface area contributed by atoms with Crippen molar-refractivity contribution in [2.75, 3.05) is 19.1 Å². The molecule has 1 aliphatic rings. The Labute approximate surface area is 180 Å². The Morgan fingerprint density at radius 1 is 0.900 bits per heavy atom. The molecule has 3 aromatic carbocycles. The lowest BCUT2D eigenvalue weighted by Gasteiger charge is -2.46. The van der Waals surface area contributed by atoms with Gasteiger partial charge >= 0.3 is 0 Å². The number of amides is 1. The monoisotopic (exact) mass is 423 g/mol. The van der Waals surface area contributed by atoms with Crippen LogP contribution >= 0.6 is 11.6 Å². The molecule has 4 rings (SSSR count). The van der Waals surface area contributed by atoms with Crippen LogP contribution in [0.5, 0.6) is 17.2 Å². The van der Waals surface area contributed by atoms with Gasteiger partial charge in [0.25, 0.3) is 5.91 Å². The highest BCUT2D eigenvalue weighted by atomic mass is 35.5. The molecule has 1 heterocycles. The number of aryl methyl sites for hydroxylation is 1. The first kappa shape index (κ1) is 20.1. The van der Waals surface area contributed by atoms with Crippen molar-refractivity contribution >= 4 is 23.2 Å². The van der Waals surface area contributed by atoms with Crippen LogP contribution in [0.15, 0.2) is 66.7 Å². The van der Waals surface area contributed by atoms with Crippen molar-refractivity contribution in [2.24, 2.45) is 0 Å². The first-order valence-corrected chi connectivity index (χ1v) is 9.94. The number of para-hydroxylation sites is 1. The summed E-state index contributed by atoms with van der Waals surface area (Å²) in [6, 6.07) is 20.2. The SMILES string of the molecule is COc1ccc(C2C(Oc3ccccc3)C(=O)N2c2ccc(C)c(Cl)c2)cc1OC.